The number of sulfonamides is 1. The average Bonchev–Trinajstić information content (AvgIpc) is 2.53. The van der Waals surface area contributed by atoms with Crippen LogP contribution in [0.1, 0.15) is 25.2 Å². The van der Waals surface area contributed by atoms with Gasteiger partial charge in [0.2, 0.25) is 10.0 Å². The van der Waals surface area contributed by atoms with Crippen molar-refractivity contribution in [2.24, 2.45) is 0 Å². The Bertz CT molecular complexity index is 520. The van der Waals surface area contributed by atoms with Crippen LogP contribution < -0.4 is 0 Å². The fraction of sp³-hybridized carbons (Fsp3) is 0.727. The van der Waals surface area contributed by atoms with Crippen LogP contribution in [0.25, 0.3) is 0 Å². The molecule has 0 bridgehead atoms. The summed E-state index contributed by atoms with van der Waals surface area (Å²) in [5.41, 5.74) is 1.03. The van der Waals surface area contributed by atoms with Crippen LogP contribution in [0.2, 0.25) is 0 Å². The second-order valence-corrected chi connectivity index (χ2v) is 6.50. The Hall–Kier alpha value is -0.920. The number of aliphatic hydroxyl groups is 1. The summed E-state index contributed by atoms with van der Waals surface area (Å²) in [4.78, 5) is 0.243. The summed E-state index contributed by atoms with van der Waals surface area (Å²) in [6, 6.07) is -0.116. The third-order valence-corrected chi connectivity index (χ3v) is 5.28. The van der Waals surface area contributed by atoms with E-state index in [-0.39, 0.29) is 17.5 Å². The molecular formula is C11H21N3O3S. The Morgan fingerprint density at radius 1 is 1.39 bits per heavy atom. The normalized spacial score (nSPS) is 12.7. The number of aromatic nitrogens is 2. The fourth-order valence-electron chi connectivity index (χ4n) is 1.79. The second kappa shape index (κ2) is 5.38. The van der Waals surface area contributed by atoms with Crippen molar-refractivity contribution in [2.45, 2.75) is 45.2 Å². The minimum atomic E-state index is -3.53. The number of aliphatic hydroxyl groups excluding tert-OH is 1. The lowest BCUT2D eigenvalue weighted by atomic mass is 10.4. The molecule has 0 spiro atoms. The average molecular weight is 275 g/mol. The van der Waals surface area contributed by atoms with Crippen LogP contribution in [0.15, 0.2) is 4.90 Å². The number of nitrogens with zero attached hydrogens (tertiary/aromatic N) is 3. The fourth-order valence-corrected chi connectivity index (χ4v) is 3.52. The Morgan fingerprint density at radius 3 is 2.39 bits per heavy atom. The monoisotopic (exact) mass is 275 g/mol. The highest BCUT2D eigenvalue weighted by Gasteiger charge is 2.29. The van der Waals surface area contributed by atoms with Gasteiger partial charge >= 0.3 is 0 Å². The maximum Gasteiger partial charge on any atom is 0.246 e. The highest BCUT2D eigenvalue weighted by Crippen LogP contribution is 2.23. The summed E-state index contributed by atoms with van der Waals surface area (Å²) in [6.45, 7) is 7.24. The molecule has 0 saturated heterocycles. The molecular weight excluding hydrogens is 254 g/mol. The van der Waals surface area contributed by atoms with Gasteiger partial charge in [0.1, 0.15) is 4.90 Å². The van der Waals surface area contributed by atoms with Gasteiger partial charge in [-0.2, -0.15) is 9.40 Å². The summed E-state index contributed by atoms with van der Waals surface area (Å²) >= 11 is 0. The largest absolute Gasteiger partial charge is 0.394 e. The molecule has 0 atom stereocenters. The van der Waals surface area contributed by atoms with E-state index in [0.29, 0.717) is 17.9 Å². The summed E-state index contributed by atoms with van der Waals surface area (Å²) in [6.07, 6.45) is 0. The van der Waals surface area contributed by atoms with Gasteiger partial charge in [0.15, 0.2) is 0 Å². The van der Waals surface area contributed by atoms with Gasteiger partial charge in [-0.3, -0.25) is 4.68 Å². The van der Waals surface area contributed by atoms with Crippen molar-refractivity contribution in [3.63, 3.8) is 0 Å². The first-order valence-electron chi connectivity index (χ1n) is 5.86. The lowest BCUT2D eigenvalue weighted by molar-refractivity contribution is 0.267. The second-order valence-electron chi connectivity index (χ2n) is 4.56. The number of hydrogen-bond donors (Lipinski definition) is 1. The van der Waals surface area contributed by atoms with Crippen LogP contribution in [-0.4, -0.2) is 47.3 Å². The molecule has 0 unspecified atom stereocenters. The van der Waals surface area contributed by atoms with Crippen LogP contribution in [0, 0.1) is 13.8 Å². The van der Waals surface area contributed by atoms with Crippen LogP contribution in [-0.2, 0) is 16.6 Å². The van der Waals surface area contributed by atoms with Crippen LogP contribution >= 0.6 is 0 Å². The molecule has 0 amide bonds. The first kappa shape index (κ1) is 15.1. The Balaban J connectivity index is 3.33. The molecule has 7 heteroatoms. The molecule has 0 saturated carbocycles. The van der Waals surface area contributed by atoms with E-state index in [2.05, 4.69) is 5.10 Å². The predicted octanol–water partition coefficient (Wildman–Crippen LogP) is 0.521. The van der Waals surface area contributed by atoms with Crippen molar-refractivity contribution in [3.05, 3.63) is 11.4 Å². The maximum atomic E-state index is 12.4. The lowest BCUT2D eigenvalue weighted by Gasteiger charge is -2.21. The predicted molar refractivity (Wildman–Crippen MR) is 68.9 cm³/mol. The Kier molecular flexibility index (Phi) is 4.52. The molecule has 6 nitrogen and oxygen atoms in total. The zero-order valence-electron chi connectivity index (χ0n) is 11.5. The Labute approximate surface area is 108 Å². The topological polar surface area (TPSA) is 75.4 Å². The van der Waals surface area contributed by atoms with Crippen molar-refractivity contribution in [3.8, 4) is 0 Å². The molecule has 0 aliphatic rings. The summed E-state index contributed by atoms with van der Waals surface area (Å²) < 4.78 is 27.7. The van der Waals surface area contributed by atoms with Crippen LogP contribution in [0.5, 0.6) is 0 Å². The summed E-state index contributed by atoms with van der Waals surface area (Å²) in [5, 5.41) is 13.1. The van der Waals surface area contributed by atoms with Crippen molar-refractivity contribution >= 4 is 10.0 Å². The molecule has 1 heterocycles. The number of rotatable bonds is 5. The van der Waals surface area contributed by atoms with Crippen molar-refractivity contribution < 1.29 is 13.5 Å². The van der Waals surface area contributed by atoms with E-state index in [1.807, 2.05) is 13.8 Å². The molecule has 18 heavy (non-hydrogen) atoms. The third kappa shape index (κ3) is 2.57. The minimum absolute atomic E-state index is 0.0680. The maximum absolute atomic E-state index is 12.4. The molecule has 1 aromatic heterocycles. The van der Waals surface area contributed by atoms with E-state index < -0.39 is 10.0 Å². The van der Waals surface area contributed by atoms with E-state index in [1.54, 1.807) is 20.9 Å². The van der Waals surface area contributed by atoms with Crippen LogP contribution in [0.3, 0.4) is 0 Å². The molecule has 104 valence electrons. The minimum Gasteiger partial charge on any atom is -0.394 e. The molecule has 0 aliphatic heterocycles. The van der Waals surface area contributed by atoms with E-state index in [9.17, 15) is 8.42 Å². The van der Waals surface area contributed by atoms with Gasteiger partial charge in [0.25, 0.3) is 0 Å². The SMILES string of the molecule is Cc1nn(CCO)c(C)c1S(=O)(=O)N(C)C(C)C. The van der Waals surface area contributed by atoms with Gasteiger partial charge < -0.3 is 5.11 Å². The van der Waals surface area contributed by atoms with Crippen molar-refractivity contribution in [2.75, 3.05) is 13.7 Å². The van der Waals surface area contributed by atoms with Gasteiger partial charge in [0.05, 0.1) is 24.5 Å². The number of aryl methyl sites for hydroxylation is 1. The summed E-state index contributed by atoms with van der Waals surface area (Å²) in [5.74, 6) is 0. The first-order chi connectivity index (χ1) is 8.23. The van der Waals surface area contributed by atoms with E-state index in [1.165, 1.54) is 8.99 Å². The first-order valence-corrected chi connectivity index (χ1v) is 7.30. The highest BCUT2D eigenvalue weighted by atomic mass is 32.2. The third-order valence-electron chi connectivity index (χ3n) is 2.99. The van der Waals surface area contributed by atoms with Crippen LogP contribution in [0.4, 0.5) is 0 Å². The van der Waals surface area contributed by atoms with E-state index in [0.717, 1.165) is 0 Å². The molecule has 1 rings (SSSR count). The van der Waals surface area contributed by atoms with Gasteiger partial charge in [-0.15, -0.1) is 0 Å². The lowest BCUT2D eigenvalue weighted by Crippen LogP contribution is -2.33. The Morgan fingerprint density at radius 2 is 1.94 bits per heavy atom. The molecule has 1 N–H and O–H groups in total. The van der Waals surface area contributed by atoms with Gasteiger partial charge in [-0.05, 0) is 27.7 Å². The quantitative estimate of drug-likeness (QED) is 0.850. The van der Waals surface area contributed by atoms with Gasteiger partial charge in [-0.1, -0.05) is 0 Å². The summed E-state index contributed by atoms with van der Waals surface area (Å²) in [7, 11) is -1.97. The number of hydrogen-bond acceptors (Lipinski definition) is 4. The van der Waals surface area contributed by atoms with E-state index in [4.69, 9.17) is 5.11 Å². The van der Waals surface area contributed by atoms with Gasteiger partial charge in [-0.25, -0.2) is 8.42 Å². The highest BCUT2D eigenvalue weighted by molar-refractivity contribution is 7.89. The molecule has 0 fully saturated rings. The van der Waals surface area contributed by atoms with Crippen molar-refractivity contribution in [1.82, 2.24) is 14.1 Å². The zero-order chi connectivity index (χ0) is 14.1. The zero-order valence-corrected chi connectivity index (χ0v) is 12.3. The molecule has 1 aromatic rings. The molecule has 0 aliphatic carbocycles. The van der Waals surface area contributed by atoms with Gasteiger partial charge in [0, 0.05) is 13.1 Å². The van der Waals surface area contributed by atoms with E-state index >= 15 is 0 Å². The standard InChI is InChI=1S/C11H21N3O3S/c1-8(2)13(5)18(16,17)11-9(3)12-14(6-7-15)10(11)4/h8,15H,6-7H2,1-5H3. The molecule has 0 aromatic carbocycles. The smallest absolute Gasteiger partial charge is 0.246 e. The molecule has 0 radical (unpaired) electrons. The van der Waals surface area contributed by atoms with Crippen molar-refractivity contribution in [1.29, 1.82) is 0 Å².